The van der Waals surface area contributed by atoms with E-state index < -0.39 is 0 Å². The van der Waals surface area contributed by atoms with Crippen molar-refractivity contribution in [2.45, 2.75) is 52.4 Å². The Morgan fingerprint density at radius 1 is 1.47 bits per heavy atom. The van der Waals surface area contributed by atoms with Crippen LogP contribution in [0.3, 0.4) is 0 Å². The molecular formula is C13H24OSi. The highest BCUT2D eigenvalue weighted by Crippen LogP contribution is 2.55. The monoisotopic (exact) mass is 224 g/mol. The predicted octanol–water partition coefficient (Wildman–Crippen LogP) is 2.98. The lowest BCUT2D eigenvalue weighted by Gasteiger charge is -2.26. The van der Waals surface area contributed by atoms with Crippen molar-refractivity contribution >= 4 is 9.76 Å². The second-order valence-electron chi connectivity index (χ2n) is 5.59. The molecule has 2 heteroatoms. The van der Waals surface area contributed by atoms with Crippen molar-refractivity contribution < 1.29 is 4.43 Å². The van der Waals surface area contributed by atoms with Crippen LogP contribution in [0.4, 0.5) is 0 Å². The average molecular weight is 224 g/mol. The van der Waals surface area contributed by atoms with Crippen LogP contribution in [0, 0.1) is 11.3 Å². The van der Waals surface area contributed by atoms with E-state index in [-0.39, 0.29) is 9.76 Å². The van der Waals surface area contributed by atoms with Gasteiger partial charge in [-0.25, -0.2) is 0 Å². The highest BCUT2D eigenvalue weighted by Gasteiger charge is 2.43. The predicted molar refractivity (Wildman–Crippen MR) is 67.6 cm³/mol. The molecule has 2 saturated carbocycles. The van der Waals surface area contributed by atoms with E-state index in [1.54, 1.807) is 0 Å². The average Bonchev–Trinajstić information content (AvgIpc) is 2.84. The first-order chi connectivity index (χ1) is 7.24. The van der Waals surface area contributed by atoms with Gasteiger partial charge in [-0.3, -0.25) is 0 Å². The minimum Gasteiger partial charge on any atom is -0.419 e. The number of allylic oxidation sites excluding steroid dienone is 2. The number of hydrogen-bond acceptors (Lipinski definition) is 1. The van der Waals surface area contributed by atoms with Gasteiger partial charge < -0.3 is 4.43 Å². The second kappa shape index (κ2) is 4.83. The molecule has 2 aliphatic carbocycles. The summed E-state index contributed by atoms with van der Waals surface area (Å²) in [5.41, 5.74) is 0.725. The fraction of sp³-hybridized carbons (Fsp3) is 0.846. The summed E-state index contributed by atoms with van der Waals surface area (Å²) in [6.07, 6.45) is 11.0. The molecule has 0 amide bonds. The van der Waals surface area contributed by atoms with Crippen LogP contribution in [-0.4, -0.2) is 16.4 Å². The zero-order valence-electron chi connectivity index (χ0n) is 10.2. The van der Waals surface area contributed by atoms with Crippen molar-refractivity contribution in [1.82, 2.24) is 0 Å². The summed E-state index contributed by atoms with van der Waals surface area (Å²) in [6.45, 7) is 5.35. The molecule has 0 N–H and O–H groups in total. The lowest BCUT2D eigenvalue weighted by Crippen LogP contribution is -2.17. The van der Waals surface area contributed by atoms with Crippen molar-refractivity contribution in [2.75, 3.05) is 6.61 Å². The summed E-state index contributed by atoms with van der Waals surface area (Å²) in [5, 5.41) is 1.49. The van der Waals surface area contributed by atoms with Gasteiger partial charge in [0.05, 0.1) is 0 Å². The Bertz CT molecular complexity index is 239. The first kappa shape index (κ1) is 11.4. The molecule has 0 aromatic carbocycles. The molecule has 0 aromatic rings. The Hall–Kier alpha value is -0.0831. The largest absolute Gasteiger partial charge is 0.419 e. The van der Waals surface area contributed by atoms with Gasteiger partial charge in [-0.2, -0.15) is 0 Å². The zero-order valence-corrected chi connectivity index (χ0v) is 11.6. The molecule has 86 valence electrons. The Labute approximate surface area is 96.2 Å². The van der Waals surface area contributed by atoms with Crippen LogP contribution < -0.4 is 0 Å². The van der Waals surface area contributed by atoms with Crippen LogP contribution in [-0.2, 0) is 4.43 Å². The van der Waals surface area contributed by atoms with Crippen molar-refractivity contribution in [3.05, 3.63) is 11.3 Å². The maximum absolute atomic E-state index is 5.86. The van der Waals surface area contributed by atoms with Crippen molar-refractivity contribution in [3.8, 4) is 0 Å². The summed E-state index contributed by atoms with van der Waals surface area (Å²) in [4.78, 5) is 0. The third-order valence-electron chi connectivity index (χ3n) is 4.49. The van der Waals surface area contributed by atoms with Gasteiger partial charge in [-0.15, -0.1) is 0 Å². The van der Waals surface area contributed by atoms with E-state index in [2.05, 4.69) is 19.9 Å². The van der Waals surface area contributed by atoms with E-state index in [9.17, 15) is 0 Å². The van der Waals surface area contributed by atoms with E-state index >= 15 is 0 Å². The molecule has 2 aliphatic rings. The Kier molecular flexibility index (Phi) is 3.67. The Balaban J connectivity index is 1.66. The van der Waals surface area contributed by atoms with Gasteiger partial charge in [0.15, 0.2) is 9.76 Å². The minimum atomic E-state index is -0.361. The van der Waals surface area contributed by atoms with Crippen LogP contribution in [0.25, 0.3) is 0 Å². The third-order valence-corrected chi connectivity index (χ3v) is 5.84. The fourth-order valence-electron chi connectivity index (χ4n) is 3.27. The molecule has 0 aliphatic heterocycles. The summed E-state index contributed by atoms with van der Waals surface area (Å²) in [5.74, 6) is 1.08. The van der Waals surface area contributed by atoms with Gasteiger partial charge in [-0.05, 0) is 63.7 Å². The standard InChI is InChI=1S/C13H24OSi/c1-3-11(2)15-14-9-8-13-6-4-12(10-13)5-7-13/h3,12H,4-10,15H2,1-2H3. The summed E-state index contributed by atoms with van der Waals surface area (Å²) in [6, 6.07) is 0. The Morgan fingerprint density at radius 3 is 2.73 bits per heavy atom. The van der Waals surface area contributed by atoms with E-state index in [1.165, 1.54) is 43.7 Å². The number of rotatable bonds is 5. The molecule has 1 nitrogen and oxygen atoms in total. The van der Waals surface area contributed by atoms with Gasteiger partial charge in [0.1, 0.15) is 0 Å². The van der Waals surface area contributed by atoms with E-state index in [4.69, 9.17) is 4.43 Å². The topological polar surface area (TPSA) is 9.23 Å². The number of hydrogen-bond donors (Lipinski definition) is 0. The van der Waals surface area contributed by atoms with Gasteiger partial charge >= 0.3 is 0 Å². The van der Waals surface area contributed by atoms with Crippen LogP contribution in [0.5, 0.6) is 0 Å². The molecule has 0 saturated heterocycles. The highest BCUT2D eigenvalue weighted by atomic mass is 28.2. The molecule has 2 fully saturated rings. The SMILES string of the molecule is CC=C(C)[SiH2]OCCC12CCC(CC1)C2. The first-order valence-electron chi connectivity index (χ1n) is 6.44. The van der Waals surface area contributed by atoms with Crippen LogP contribution >= 0.6 is 0 Å². The summed E-state index contributed by atoms with van der Waals surface area (Å²) < 4.78 is 5.86. The quantitative estimate of drug-likeness (QED) is 0.515. The Morgan fingerprint density at radius 2 is 2.20 bits per heavy atom. The maximum atomic E-state index is 5.86. The van der Waals surface area contributed by atoms with Gasteiger partial charge in [-0.1, -0.05) is 11.3 Å². The molecule has 0 spiro atoms. The molecule has 2 bridgehead atoms. The molecular weight excluding hydrogens is 200 g/mol. The minimum absolute atomic E-state index is 0.361. The van der Waals surface area contributed by atoms with E-state index in [0.29, 0.717) is 0 Å². The van der Waals surface area contributed by atoms with E-state index in [1.807, 2.05) is 0 Å². The molecule has 2 rings (SSSR count). The first-order valence-corrected chi connectivity index (χ1v) is 7.72. The van der Waals surface area contributed by atoms with Crippen molar-refractivity contribution in [2.24, 2.45) is 11.3 Å². The highest BCUT2D eigenvalue weighted by molar-refractivity contribution is 6.37. The van der Waals surface area contributed by atoms with Gasteiger partial charge in [0.2, 0.25) is 0 Å². The van der Waals surface area contributed by atoms with Gasteiger partial charge in [0, 0.05) is 6.61 Å². The van der Waals surface area contributed by atoms with Crippen molar-refractivity contribution in [1.29, 1.82) is 0 Å². The lowest BCUT2D eigenvalue weighted by atomic mass is 9.82. The number of fused-ring (bicyclic) bond motifs is 2. The van der Waals surface area contributed by atoms with Gasteiger partial charge in [0.25, 0.3) is 0 Å². The summed E-state index contributed by atoms with van der Waals surface area (Å²) in [7, 11) is -0.361. The zero-order chi connectivity index (χ0) is 10.7. The molecule has 0 unspecified atom stereocenters. The third kappa shape index (κ3) is 2.73. The van der Waals surface area contributed by atoms with E-state index in [0.717, 1.165) is 17.9 Å². The second-order valence-corrected chi connectivity index (χ2v) is 7.40. The molecule has 0 heterocycles. The molecule has 0 aromatic heterocycles. The lowest BCUT2D eigenvalue weighted by molar-refractivity contribution is 0.205. The molecule has 0 atom stereocenters. The van der Waals surface area contributed by atoms with Crippen LogP contribution in [0.2, 0.25) is 0 Å². The molecule has 0 radical (unpaired) electrons. The fourth-order valence-corrected chi connectivity index (χ4v) is 4.05. The van der Waals surface area contributed by atoms with Crippen LogP contribution in [0.15, 0.2) is 11.3 Å². The van der Waals surface area contributed by atoms with Crippen LogP contribution in [0.1, 0.15) is 52.4 Å². The molecule has 15 heavy (non-hydrogen) atoms. The maximum Gasteiger partial charge on any atom is 0.187 e. The summed E-state index contributed by atoms with van der Waals surface area (Å²) >= 11 is 0. The van der Waals surface area contributed by atoms with Crippen molar-refractivity contribution in [3.63, 3.8) is 0 Å². The normalized spacial score (nSPS) is 35.9. The smallest absolute Gasteiger partial charge is 0.187 e.